The molecule has 144 valence electrons. The second-order valence-corrected chi connectivity index (χ2v) is 9.05. The van der Waals surface area contributed by atoms with Crippen LogP contribution in [0.5, 0.6) is 0 Å². The molecule has 0 atom stereocenters. The van der Waals surface area contributed by atoms with Crippen molar-refractivity contribution in [3.05, 3.63) is 59.2 Å². The van der Waals surface area contributed by atoms with Crippen molar-refractivity contribution in [2.75, 3.05) is 18.4 Å². The zero-order valence-corrected chi connectivity index (χ0v) is 16.7. The first-order valence-electron chi connectivity index (χ1n) is 9.32. The second-order valence-electron chi connectivity index (χ2n) is 7.11. The molecule has 1 N–H and O–H groups in total. The van der Waals surface area contributed by atoms with Gasteiger partial charge >= 0.3 is 0 Å². The average molecular weight is 387 g/mol. The molecule has 1 heterocycles. The van der Waals surface area contributed by atoms with Crippen LogP contribution in [0.1, 0.15) is 36.0 Å². The lowest BCUT2D eigenvalue weighted by atomic mass is 10.0. The molecule has 27 heavy (non-hydrogen) atoms. The van der Waals surface area contributed by atoms with E-state index in [-0.39, 0.29) is 10.8 Å². The van der Waals surface area contributed by atoms with Crippen LogP contribution < -0.4 is 5.32 Å². The summed E-state index contributed by atoms with van der Waals surface area (Å²) in [6.07, 6.45) is 2.89. The Hall–Kier alpha value is -2.18. The summed E-state index contributed by atoms with van der Waals surface area (Å²) < 4.78 is 26.6. The summed E-state index contributed by atoms with van der Waals surface area (Å²) in [6, 6.07) is 12.7. The molecule has 2 aromatic carbocycles. The van der Waals surface area contributed by atoms with Gasteiger partial charge in [0.2, 0.25) is 15.9 Å². The normalized spacial score (nSPS) is 15.0. The van der Waals surface area contributed by atoms with E-state index in [4.69, 9.17) is 0 Å². The van der Waals surface area contributed by atoms with Gasteiger partial charge in [0.15, 0.2) is 0 Å². The van der Waals surface area contributed by atoms with Gasteiger partial charge in [-0.05, 0) is 68.5 Å². The number of nitrogens with zero attached hydrogens (tertiary/aromatic N) is 1. The SMILES string of the molecule is Cc1ccc(CCC(=O)Nc2ccc(S(=O)(=O)N3CCCC3)cc2)c(C)c1. The highest BCUT2D eigenvalue weighted by atomic mass is 32.2. The number of hydrogen-bond acceptors (Lipinski definition) is 3. The van der Waals surface area contributed by atoms with Crippen LogP contribution >= 0.6 is 0 Å². The average Bonchev–Trinajstić information content (AvgIpc) is 3.17. The van der Waals surface area contributed by atoms with E-state index in [9.17, 15) is 13.2 Å². The minimum absolute atomic E-state index is 0.0786. The van der Waals surface area contributed by atoms with Gasteiger partial charge < -0.3 is 5.32 Å². The van der Waals surface area contributed by atoms with Crippen LogP contribution in [0.15, 0.2) is 47.4 Å². The zero-order chi connectivity index (χ0) is 19.4. The molecule has 0 radical (unpaired) electrons. The fourth-order valence-corrected chi connectivity index (χ4v) is 4.90. The molecule has 6 heteroatoms. The number of amides is 1. The van der Waals surface area contributed by atoms with Crippen LogP contribution in [-0.4, -0.2) is 31.7 Å². The summed E-state index contributed by atoms with van der Waals surface area (Å²) in [5, 5.41) is 2.84. The van der Waals surface area contributed by atoms with Gasteiger partial charge in [-0.3, -0.25) is 4.79 Å². The molecule has 3 rings (SSSR count). The van der Waals surface area contributed by atoms with Gasteiger partial charge in [-0.25, -0.2) is 8.42 Å². The lowest BCUT2D eigenvalue weighted by Crippen LogP contribution is -2.27. The Labute approximate surface area is 161 Å². The van der Waals surface area contributed by atoms with Gasteiger partial charge in [-0.15, -0.1) is 0 Å². The van der Waals surface area contributed by atoms with Crippen molar-refractivity contribution in [2.24, 2.45) is 0 Å². The maximum Gasteiger partial charge on any atom is 0.243 e. The van der Waals surface area contributed by atoms with Crippen LogP contribution in [0.25, 0.3) is 0 Å². The number of rotatable bonds is 6. The number of nitrogens with one attached hydrogen (secondary N) is 1. The summed E-state index contributed by atoms with van der Waals surface area (Å²) in [5.41, 5.74) is 4.19. The van der Waals surface area contributed by atoms with Crippen molar-refractivity contribution in [1.82, 2.24) is 4.31 Å². The number of carbonyl (C=O) groups excluding carboxylic acids is 1. The minimum atomic E-state index is -3.42. The van der Waals surface area contributed by atoms with E-state index in [2.05, 4.69) is 37.4 Å². The van der Waals surface area contributed by atoms with Crippen LogP contribution in [0, 0.1) is 13.8 Å². The van der Waals surface area contributed by atoms with E-state index in [1.54, 1.807) is 24.3 Å². The van der Waals surface area contributed by atoms with Crippen molar-refractivity contribution < 1.29 is 13.2 Å². The fourth-order valence-electron chi connectivity index (χ4n) is 3.39. The summed E-state index contributed by atoms with van der Waals surface area (Å²) >= 11 is 0. The first-order chi connectivity index (χ1) is 12.9. The van der Waals surface area contributed by atoms with Crippen molar-refractivity contribution in [1.29, 1.82) is 0 Å². The van der Waals surface area contributed by atoms with Gasteiger partial charge in [0.25, 0.3) is 0 Å². The fraction of sp³-hybridized carbons (Fsp3) is 0.381. The molecular formula is C21H26N2O3S. The van der Waals surface area contributed by atoms with Gasteiger partial charge in [0.1, 0.15) is 0 Å². The van der Waals surface area contributed by atoms with Crippen molar-refractivity contribution in [2.45, 2.75) is 44.4 Å². The van der Waals surface area contributed by atoms with Crippen LogP contribution in [-0.2, 0) is 21.2 Å². The first-order valence-corrected chi connectivity index (χ1v) is 10.8. The van der Waals surface area contributed by atoms with Crippen molar-refractivity contribution in [3.63, 3.8) is 0 Å². The van der Waals surface area contributed by atoms with Gasteiger partial charge in [-0.1, -0.05) is 23.8 Å². The van der Waals surface area contributed by atoms with Crippen molar-refractivity contribution >= 4 is 21.6 Å². The molecule has 0 aliphatic carbocycles. The Morgan fingerprint density at radius 2 is 1.70 bits per heavy atom. The molecule has 1 aliphatic rings. The number of anilines is 1. The molecule has 1 saturated heterocycles. The first kappa shape index (κ1) is 19.6. The molecule has 1 amide bonds. The molecule has 0 bridgehead atoms. The maximum absolute atomic E-state index is 12.5. The molecule has 1 fully saturated rings. The summed E-state index contributed by atoms with van der Waals surface area (Å²) in [6.45, 7) is 5.27. The van der Waals surface area contributed by atoms with E-state index >= 15 is 0 Å². The number of sulfonamides is 1. The molecule has 0 spiro atoms. The topological polar surface area (TPSA) is 66.5 Å². The number of carbonyl (C=O) groups is 1. The summed E-state index contributed by atoms with van der Waals surface area (Å²) in [4.78, 5) is 12.5. The molecular weight excluding hydrogens is 360 g/mol. The maximum atomic E-state index is 12.5. The smallest absolute Gasteiger partial charge is 0.243 e. The van der Waals surface area contributed by atoms with Crippen LogP contribution in [0.4, 0.5) is 5.69 Å². The van der Waals surface area contributed by atoms with E-state index in [0.717, 1.165) is 12.8 Å². The van der Waals surface area contributed by atoms with Crippen LogP contribution in [0.2, 0.25) is 0 Å². The minimum Gasteiger partial charge on any atom is -0.326 e. The summed E-state index contributed by atoms with van der Waals surface area (Å²) in [7, 11) is -3.42. The van der Waals surface area contributed by atoms with Crippen molar-refractivity contribution in [3.8, 4) is 0 Å². The standard InChI is InChI=1S/C21H26N2O3S/c1-16-5-6-18(17(2)15-16)7-12-21(24)22-19-8-10-20(11-9-19)27(25,26)23-13-3-4-14-23/h5-6,8-11,15H,3-4,7,12-14H2,1-2H3,(H,22,24). The Morgan fingerprint density at radius 3 is 2.33 bits per heavy atom. The van der Waals surface area contributed by atoms with E-state index in [1.165, 1.54) is 21.0 Å². The third-order valence-electron chi connectivity index (χ3n) is 4.96. The lowest BCUT2D eigenvalue weighted by molar-refractivity contribution is -0.116. The Balaban J connectivity index is 1.58. The quantitative estimate of drug-likeness (QED) is 0.824. The lowest BCUT2D eigenvalue weighted by Gasteiger charge is -2.15. The Bertz CT molecular complexity index is 915. The highest BCUT2D eigenvalue weighted by molar-refractivity contribution is 7.89. The molecule has 5 nitrogen and oxygen atoms in total. The number of aryl methyl sites for hydroxylation is 3. The largest absolute Gasteiger partial charge is 0.326 e. The molecule has 0 saturated carbocycles. The monoisotopic (exact) mass is 386 g/mol. The highest BCUT2D eigenvalue weighted by Crippen LogP contribution is 2.22. The predicted molar refractivity (Wildman–Crippen MR) is 107 cm³/mol. The van der Waals surface area contributed by atoms with E-state index in [0.29, 0.717) is 31.6 Å². The second kappa shape index (κ2) is 8.23. The number of benzene rings is 2. The van der Waals surface area contributed by atoms with E-state index < -0.39 is 10.0 Å². The summed E-state index contributed by atoms with van der Waals surface area (Å²) in [5.74, 6) is -0.0786. The Kier molecular flexibility index (Phi) is 5.97. The molecule has 0 aromatic heterocycles. The van der Waals surface area contributed by atoms with Gasteiger partial charge in [-0.2, -0.15) is 4.31 Å². The third kappa shape index (κ3) is 4.76. The molecule has 1 aliphatic heterocycles. The van der Waals surface area contributed by atoms with Gasteiger partial charge in [0.05, 0.1) is 4.90 Å². The zero-order valence-electron chi connectivity index (χ0n) is 15.9. The number of hydrogen-bond donors (Lipinski definition) is 1. The predicted octanol–water partition coefficient (Wildman–Crippen LogP) is 3.66. The Morgan fingerprint density at radius 1 is 1.04 bits per heavy atom. The van der Waals surface area contributed by atoms with Crippen LogP contribution in [0.3, 0.4) is 0 Å². The highest BCUT2D eigenvalue weighted by Gasteiger charge is 2.26. The molecule has 0 unspecified atom stereocenters. The van der Waals surface area contributed by atoms with Gasteiger partial charge in [0, 0.05) is 25.2 Å². The molecule has 2 aromatic rings. The third-order valence-corrected chi connectivity index (χ3v) is 6.87. The van der Waals surface area contributed by atoms with E-state index in [1.807, 2.05) is 0 Å².